The van der Waals surface area contributed by atoms with E-state index in [1.165, 1.54) is 25.3 Å². The molecule has 0 saturated heterocycles. The minimum Gasteiger partial charge on any atom is -0.691 e. The number of carboxylic acids is 1. The molecule has 4 aromatic rings. The van der Waals surface area contributed by atoms with Crippen molar-refractivity contribution in [1.82, 2.24) is 0 Å². The quantitative estimate of drug-likeness (QED) is 0.0493. The van der Waals surface area contributed by atoms with E-state index in [1.807, 2.05) is 19.1 Å². The minimum atomic E-state index is -1.47. The number of nitrogens with zero attached hydrogens (tertiary/aromatic N) is 4. The monoisotopic (exact) mass is 641 g/mol. The summed E-state index contributed by atoms with van der Waals surface area (Å²) in [5.74, 6) is -1.60. The fraction of sp³-hybridized carbons (Fsp3) is 0.115. The molecule has 0 fully saturated rings. The summed E-state index contributed by atoms with van der Waals surface area (Å²) in [6.07, 6.45) is 0. The summed E-state index contributed by atoms with van der Waals surface area (Å²) < 4.78 is 15.2. The summed E-state index contributed by atoms with van der Waals surface area (Å²) in [7, 11) is 1.40. The summed E-state index contributed by atoms with van der Waals surface area (Å²) in [6.45, 7) is 1.15. The van der Waals surface area contributed by atoms with Gasteiger partial charge in [-0.05, 0) is 42.6 Å². The molecule has 4 aromatic carbocycles. The average Bonchev–Trinajstić information content (AvgIpc) is 2.94. The van der Waals surface area contributed by atoms with E-state index in [-0.39, 0.29) is 142 Å². The normalized spacial score (nSPS) is 10.9. The maximum Gasteiger partial charge on any atom is 1.00 e. The van der Waals surface area contributed by atoms with E-state index in [9.17, 15) is 20.3 Å². The second-order valence-electron chi connectivity index (χ2n) is 8.16. The Morgan fingerprint density at radius 1 is 0.952 bits per heavy atom. The number of methoxy groups -OCH3 is 1. The van der Waals surface area contributed by atoms with Gasteiger partial charge in [-0.1, -0.05) is 23.8 Å². The zero-order chi connectivity index (χ0) is 28.6. The number of phenols is 1. The molecule has 0 radical (unpaired) electrons. The number of azo groups is 2. The summed E-state index contributed by atoms with van der Waals surface area (Å²) in [5.41, 5.74) is 8.04. The number of aromatic hydroxyl groups is 1. The first-order valence-corrected chi connectivity index (χ1v) is 12.2. The fourth-order valence-corrected chi connectivity index (χ4v) is 4.00. The zero-order valence-electron chi connectivity index (χ0n) is 23.1. The third kappa shape index (κ3) is 9.76. The van der Waals surface area contributed by atoms with Gasteiger partial charge < -0.3 is 35.5 Å². The number of anilines is 1. The second kappa shape index (κ2) is 17.7. The van der Waals surface area contributed by atoms with Crippen LogP contribution in [0.25, 0.3) is 10.8 Å². The molecule has 0 aliphatic carbocycles. The van der Waals surface area contributed by atoms with Gasteiger partial charge >= 0.3 is 103 Å². The predicted molar refractivity (Wildman–Crippen MR) is 141 cm³/mol. The SMILES string of the molecule is COc1cc(N=Nc2c(SOO[O-])cc3ccc(N)cc3c2O)c(OCC(=O)[O-])cc1N=Nc1ccc(C)cc1.[K+].[K+]. The number of phenolic OH excluding ortho intramolecular Hbond substituents is 1. The summed E-state index contributed by atoms with van der Waals surface area (Å²) in [5, 5.41) is 53.5. The van der Waals surface area contributed by atoms with Crippen LogP contribution in [0.1, 0.15) is 5.56 Å². The first-order valence-electron chi connectivity index (χ1n) is 11.4. The molecule has 0 aromatic heterocycles. The third-order valence-electron chi connectivity index (χ3n) is 5.40. The number of benzene rings is 4. The summed E-state index contributed by atoms with van der Waals surface area (Å²) in [4.78, 5) is 11.3. The van der Waals surface area contributed by atoms with Gasteiger partial charge in [-0.3, -0.25) is 5.04 Å². The van der Waals surface area contributed by atoms with E-state index < -0.39 is 12.6 Å². The van der Waals surface area contributed by atoms with E-state index >= 15 is 0 Å². The van der Waals surface area contributed by atoms with Gasteiger partial charge in [0.15, 0.2) is 5.75 Å². The van der Waals surface area contributed by atoms with Crippen LogP contribution in [0, 0.1) is 6.92 Å². The number of rotatable bonds is 11. The van der Waals surface area contributed by atoms with Crippen molar-refractivity contribution in [2.24, 2.45) is 20.5 Å². The second-order valence-corrected chi connectivity index (χ2v) is 8.90. The number of nitrogens with two attached hydrogens (primary N) is 1. The van der Waals surface area contributed by atoms with Gasteiger partial charge in [0.05, 0.1) is 35.7 Å². The molecule has 13 nitrogen and oxygen atoms in total. The van der Waals surface area contributed by atoms with Crippen LogP contribution in [0.4, 0.5) is 28.4 Å². The van der Waals surface area contributed by atoms with Crippen molar-refractivity contribution >= 4 is 57.2 Å². The van der Waals surface area contributed by atoms with Crippen LogP contribution in [0.5, 0.6) is 17.2 Å². The van der Waals surface area contributed by atoms with Gasteiger partial charge in [0.25, 0.3) is 0 Å². The molecule has 0 saturated carbocycles. The number of carboxylic acid groups (broad SMARTS) is 1. The molecular weight excluding hydrogens is 621 g/mol. The Bertz CT molecular complexity index is 1610. The molecule has 42 heavy (non-hydrogen) atoms. The van der Waals surface area contributed by atoms with E-state index in [2.05, 4.69) is 29.8 Å². The Hall–Kier alpha value is -1.49. The Balaban J connectivity index is 0.00000308. The molecule has 206 valence electrons. The van der Waals surface area contributed by atoms with Crippen molar-refractivity contribution in [1.29, 1.82) is 0 Å². The van der Waals surface area contributed by atoms with E-state index in [4.69, 9.17) is 15.2 Å². The Labute approximate surface area is 329 Å². The molecule has 0 aliphatic rings. The van der Waals surface area contributed by atoms with Crippen LogP contribution in [-0.4, -0.2) is 24.8 Å². The summed E-state index contributed by atoms with van der Waals surface area (Å²) in [6, 6.07) is 16.5. The Morgan fingerprint density at radius 2 is 1.62 bits per heavy atom. The summed E-state index contributed by atoms with van der Waals surface area (Å²) >= 11 is 0.500. The Kier molecular flexibility index (Phi) is 15.5. The van der Waals surface area contributed by atoms with Crippen molar-refractivity contribution < 1.29 is 142 Å². The maximum atomic E-state index is 11.1. The predicted octanol–water partition coefficient (Wildman–Crippen LogP) is -1.36. The molecule has 0 heterocycles. The number of aliphatic carboxylic acids is 1. The number of aryl methyl sites for hydroxylation is 1. The van der Waals surface area contributed by atoms with Crippen LogP contribution in [0.2, 0.25) is 0 Å². The topological polar surface area (TPSA) is 196 Å². The molecule has 3 N–H and O–H groups in total. The number of carbonyl (C=O) groups excluding carboxylic acids is 1. The molecule has 0 atom stereocenters. The molecule has 0 bridgehead atoms. The van der Waals surface area contributed by atoms with Crippen molar-refractivity contribution in [2.75, 3.05) is 19.5 Å². The molecule has 4 rings (SSSR count). The van der Waals surface area contributed by atoms with Gasteiger partial charge in [0.1, 0.15) is 35.2 Å². The Morgan fingerprint density at radius 3 is 2.29 bits per heavy atom. The van der Waals surface area contributed by atoms with Crippen molar-refractivity contribution in [3.05, 3.63) is 66.2 Å². The van der Waals surface area contributed by atoms with Crippen LogP contribution in [-0.2, 0) is 14.2 Å². The standard InChI is InChI=1S/C26H23N5O8S.2K/c1-14-3-7-17(8-4-14)28-29-19-12-22(37-13-24(32)33)20(11-21(19)36-2)30-31-25-23(40-39-38-35)9-15-5-6-16(27)10-18(15)26(25)34;;/h3-12,34-35H,13,27H2,1-2H3,(H,32,33);;/q;2*+1/p-2. The van der Waals surface area contributed by atoms with E-state index in [0.29, 0.717) is 34.2 Å². The number of hydrogen-bond acceptors (Lipinski definition) is 14. The molecule has 0 unspecified atom stereocenters. The van der Waals surface area contributed by atoms with Crippen molar-refractivity contribution in [3.63, 3.8) is 0 Å². The molecular formula is C26H21K2N5O8S. The molecule has 0 aliphatic heterocycles. The first kappa shape index (κ1) is 36.7. The number of fused-ring (bicyclic) bond motifs is 1. The minimum absolute atomic E-state index is 0. The van der Waals surface area contributed by atoms with Crippen molar-refractivity contribution in [2.45, 2.75) is 11.8 Å². The number of hydrogen-bond donors (Lipinski definition) is 2. The van der Waals surface area contributed by atoms with Crippen molar-refractivity contribution in [3.8, 4) is 17.2 Å². The van der Waals surface area contributed by atoms with Gasteiger partial charge in [0, 0.05) is 23.2 Å². The van der Waals surface area contributed by atoms with Gasteiger partial charge in [0.2, 0.25) is 0 Å². The number of nitrogen functional groups attached to an aromatic ring is 1. The average molecular weight is 642 g/mol. The first-order chi connectivity index (χ1) is 19.3. The van der Waals surface area contributed by atoms with Gasteiger partial charge in [-0.25, -0.2) is 0 Å². The third-order valence-corrected chi connectivity index (χ3v) is 6.01. The maximum absolute atomic E-state index is 11.1. The largest absolute Gasteiger partial charge is 1.00 e. The fourth-order valence-electron chi connectivity index (χ4n) is 3.51. The van der Waals surface area contributed by atoms with E-state index in [1.54, 1.807) is 30.3 Å². The molecule has 0 amide bonds. The smallest absolute Gasteiger partial charge is 0.691 e. The van der Waals surface area contributed by atoms with Crippen LogP contribution >= 0.6 is 12.0 Å². The number of ether oxygens (including phenoxy) is 2. The molecule has 16 heteroatoms. The van der Waals surface area contributed by atoms with E-state index in [0.717, 1.165) is 5.56 Å². The van der Waals surface area contributed by atoms with Gasteiger partial charge in [-0.15, -0.1) is 15.3 Å². The molecule has 0 spiro atoms. The number of carbonyl (C=O) groups is 1. The van der Waals surface area contributed by atoms with Crippen LogP contribution < -0.4 is 128 Å². The zero-order valence-corrected chi connectivity index (χ0v) is 30.1. The van der Waals surface area contributed by atoms with Gasteiger partial charge in [-0.2, -0.15) is 9.45 Å². The van der Waals surface area contributed by atoms with Crippen LogP contribution in [0.15, 0.2) is 86.0 Å². The van der Waals surface area contributed by atoms with Crippen LogP contribution in [0.3, 0.4) is 0 Å².